The maximum atomic E-state index is 3.62. The minimum Gasteiger partial charge on any atom is -0.317 e. The third-order valence-corrected chi connectivity index (χ3v) is 8.42. The lowest BCUT2D eigenvalue weighted by Crippen LogP contribution is -2.27. The van der Waals surface area contributed by atoms with Crippen molar-refractivity contribution in [1.29, 1.82) is 0 Å². The van der Waals surface area contributed by atoms with Crippen molar-refractivity contribution in [3.05, 3.63) is 0 Å². The van der Waals surface area contributed by atoms with Gasteiger partial charge in [0.05, 0.1) is 0 Å². The van der Waals surface area contributed by atoms with Gasteiger partial charge in [-0.25, -0.2) is 0 Å². The van der Waals surface area contributed by atoms with Crippen LogP contribution in [-0.4, -0.2) is 82.5 Å². The first-order valence-corrected chi connectivity index (χ1v) is 13.0. The number of unbranched alkanes of at least 4 members (excludes halogenated alkanes) is 1. The summed E-state index contributed by atoms with van der Waals surface area (Å²) in [5.41, 5.74) is 0. The number of nitrogens with zero attached hydrogens (tertiary/aromatic N) is 2. The minimum atomic E-state index is 1.18. The van der Waals surface area contributed by atoms with E-state index in [0.29, 0.717) is 0 Å². The lowest BCUT2D eigenvalue weighted by Gasteiger charge is -2.19. The highest BCUT2D eigenvalue weighted by atomic mass is 32.2. The summed E-state index contributed by atoms with van der Waals surface area (Å²) in [4.78, 5) is 5.20. The molecule has 0 spiro atoms. The Morgan fingerprint density at radius 3 is 1.59 bits per heavy atom. The average molecular weight is 382 g/mol. The van der Waals surface area contributed by atoms with Gasteiger partial charge in [-0.2, -0.15) is 0 Å². The maximum absolute atomic E-state index is 3.62. The molecule has 2 rings (SSSR count). The monoisotopic (exact) mass is 381 g/mol. The zero-order chi connectivity index (χ0) is 15.3. The molecule has 0 aliphatic carbocycles. The lowest BCUT2D eigenvalue weighted by molar-refractivity contribution is 0.358. The van der Waals surface area contributed by atoms with Crippen LogP contribution in [0.15, 0.2) is 0 Å². The molecule has 2 aliphatic rings. The predicted octanol–water partition coefficient (Wildman–Crippen LogP) is 3.14. The summed E-state index contributed by atoms with van der Waals surface area (Å²) in [6.45, 7) is 4.91. The summed E-state index contributed by atoms with van der Waals surface area (Å²) in [5.74, 6) is 10.3. The molecule has 22 heavy (non-hydrogen) atoms. The van der Waals surface area contributed by atoms with Crippen molar-refractivity contribution >= 4 is 47.0 Å². The second-order valence-corrected chi connectivity index (χ2v) is 10.0. The lowest BCUT2D eigenvalue weighted by atomic mass is 10.3. The van der Waals surface area contributed by atoms with E-state index in [1.54, 1.807) is 0 Å². The summed E-state index contributed by atoms with van der Waals surface area (Å²) in [7, 11) is 0. The number of rotatable bonds is 9. The highest BCUT2D eigenvalue weighted by molar-refractivity contribution is 8.03. The van der Waals surface area contributed by atoms with Crippen molar-refractivity contribution in [3.8, 4) is 0 Å². The van der Waals surface area contributed by atoms with Gasteiger partial charge in [-0.3, -0.25) is 9.80 Å². The van der Waals surface area contributed by atoms with Gasteiger partial charge in [0.25, 0.3) is 0 Å². The molecule has 0 bridgehead atoms. The van der Waals surface area contributed by atoms with Gasteiger partial charge in [0.1, 0.15) is 0 Å². The van der Waals surface area contributed by atoms with Crippen LogP contribution in [-0.2, 0) is 0 Å². The summed E-state index contributed by atoms with van der Waals surface area (Å²) in [6.07, 6.45) is 3.95. The van der Waals surface area contributed by atoms with Gasteiger partial charge in [-0.05, 0) is 38.9 Å². The zero-order valence-electron chi connectivity index (χ0n) is 13.6. The van der Waals surface area contributed by atoms with Crippen molar-refractivity contribution < 1.29 is 0 Å². The van der Waals surface area contributed by atoms with Crippen molar-refractivity contribution in [3.63, 3.8) is 0 Å². The molecule has 2 fully saturated rings. The standard InChI is InChI=1S/C15H31N3S4/c1(2-6-17-12-19-8-9-20-13-17)4-16-5-3-7-18-14-21-10-11-22-15-18/h16H,1-15H2. The summed E-state index contributed by atoms with van der Waals surface area (Å²) in [5, 5.41) is 3.62. The fourth-order valence-corrected chi connectivity index (χ4v) is 7.03. The summed E-state index contributed by atoms with van der Waals surface area (Å²) < 4.78 is 0. The molecule has 0 saturated carbocycles. The molecular weight excluding hydrogens is 350 g/mol. The summed E-state index contributed by atoms with van der Waals surface area (Å²) in [6, 6.07) is 0. The second kappa shape index (κ2) is 13.6. The Morgan fingerprint density at radius 1 is 0.591 bits per heavy atom. The second-order valence-electron chi connectivity index (χ2n) is 5.75. The fraction of sp³-hybridized carbons (Fsp3) is 1.00. The van der Waals surface area contributed by atoms with E-state index < -0.39 is 0 Å². The predicted molar refractivity (Wildman–Crippen MR) is 109 cm³/mol. The third kappa shape index (κ3) is 9.55. The molecule has 0 aromatic rings. The SMILES string of the molecule is C(CCN1CSCCSC1)CNCCCN1CSCCSC1. The van der Waals surface area contributed by atoms with Crippen LogP contribution in [0.5, 0.6) is 0 Å². The Labute approximate surface area is 153 Å². The van der Waals surface area contributed by atoms with Crippen molar-refractivity contribution in [2.24, 2.45) is 0 Å². The van der Waals surface area contributed by atoms with E-state index in [1.165, 1.54) is 92.0 Å². The molecule has 0 aromatic carbocycles. The van der Waals surface area contributed by atoms with Crippen LogP contribution in [0.2, 0.25) is 0 Å². The van der Waals surface area contributed by atoms with Gasteiger partial charge in [0.2, 0.25) is 0 Å². The molecular formula is C15H31N3S4. The van der Waals surface area contributed by atoms with E-state index in [1.807, 2.05) is 0 Å². The van der Waals surface area contributed by atoms with E-state index in [0.717, 1.165) is 0 Å². The Bertz CT molecular complexity index is 229. The molecule has 2 saturated heterocycles. The highest BCUT2D eigenvalue weighted by Crippen LogP contribution is 2.17. The first-order chi connectivity index (χ1) is 10.9. The van der Waals surface area contributed by atoms with Gasteiger partial charge in [-0.15, -0.1) is 47.0 Å². The molecule has 0 atom stereocenters. The van der Waals surface area contributed by atoms with Gasteiger partial charge < -0.3 is 5.32 Å². The largest absolute Gasteiger partial charge is 0.317 e. The van der Waals surface area contributed by atoms with Crippen LogP contribution < -0.4 is 5.32 Å². The first-order valence-electron chi connectivity index (χ1n) is 8.41. The van der Waals surface area contributed by atoms with Crippen molar-refractivity contribution in [1.82, 2.24) is 15.1 Å². The Kier molecular flexibility index (Phi) is 12.1. The molecule has 1 N–H and O–H groups in total. The minimum absolute atomic E-state index is 1.18. The molecule has 0 aromatic heterocycles. The molecule has 3 nitrogen and oxygen atoms in total. The maximum Gasteiger partial charge on any atom is 0.0452 e. The van der Waals surface area contributed by atoms with E-state index in [4.69, 9.17) is 0 Å². The van der Waals surface area contributed by atoms with Gasteiger partial charge in [0, 0.05) is 53.1 Å². The quantitative estimate of drug-likeness (QED) is 0.611. The van der Waals surface area contributed by atoms with Gasteiger partial charge >= 0.3 is 0 Å². The third-order valence-electron chi connectivity index (χ3n) is 3.75. The van der Waals surface area contributed by atoms with Crippen LogP contribution in [0.1, 0.15) is 19.3 Å². The van der Waals surface area contributed by atoms with Crippen molar-refractivity contribution in [2.75, 3.05) is 72.7 Å². The molecule has 0 unspecified atom stereocenters. The van der Waals surface area contributed by atoms with E-state index in [9.17, 15) is 0 Å². The van der Waals surface area contributed by atoms with Crippen molar-refractivity contribution in [2.45, 2.75) is 19.3 Å². The number of hydrogen-bond donors (Lipinski definition) is 1. The van der Waals surface area contributed by atoms with Crippen LogP contribution in [0.3, 0.4) is 0 Å². The Balaban J connectivity index is 1.36. The van der Waals surface area contributed by atoms with Gasteiger partial charge in [-0.1, -0.05) is 0 Å². The molecule has 0 amide bonds. The highest BCUT2D eigenvalue weighted by Gasteiger charge is 2.09. The average Bonchev–Trinajstić information content (AvgIpc) is 2.94. The topological polar surface area (TPSA) is 18.5 Å². The molecule has 2 heterocycles. The Morgan fingerprint density at radius 2 is 1.05 bits per heavy atom. The zero-order valence-corrected chi connectivity index (χ0v) is 16.9. The van der Waals surface area contributed by atoms with Crippen LogP contribution in [0.4, 0.5) is 0 Å². The van der Waals surface area contributed by atoms with E-state index >= 15 is 0 Å². The molecule has 7 heteroatoms. The smallest absolute Gasteiger partial charge is 0.0452 e. The molecule has 130 valence electrons. The number of thioether (sulfide) groups is 4. The number of hydrogen-bond acceptors (Lipinski definition) is 7. The van der Waals surface area contributed by atoms with Crippen LogP contribution in [0.25, 0.3) is 0 Å². The summed E-state index contributed by atoms with van der Waals surface area (Å²) >= 11 is 8.37. The number of nitrogens with one attached hydrogen (secondary N) is 1. The van der Waals surface area contributed by atoms with Crippen LogP contribution in [0, 0.1) is 0 Å². The molecule has 0 radical (unpaired) electrons. The van der Waals surface area contributed by atoms with Gasteiger partial charge in [0.15, 0.2) is 0 Å². The Hall–Kier alpha value is 1.28. The van der Waals surface area contributed by atoms with E-state index in [2.05, 4.69) is 62.2 Å². The fourth-order valence-electron chi connectivity index (χ4n) is 2.48. The molecule has 2 aliphatic heterocycles. The normalized spacial score (nSPS) is 22.4. The van der Waals surface area contributed by atoms with Crippen LogP contribution >= 0.6 is 47.0 Å². The first kappa shape index (κ1) is 19.6. The van der Waals surface area contributed by atoms with E-state index in [-0.39, 0.29) is 0 Å².